The molecule has 1 aromatic heterocycles. The molecule has 0 spiro atoms. The zero-order valence-electron chi connectivity index (χ0n) is 23.1. The fourth-order valence-corrected chi connectivity index (χ4v) is 5.96. The summed E-state index contributed by atoms with van der Waals surface area (Å²) in [6.45, 7) is 2.55. The standard InChI is InChI=1S/C33H29N3O4S2/c1-3-40-27-18-12-22(13-19-27)29-21-41-33(35-29)36-32(38)30(23-8-5-4-6-9-23)42-28-11-7-10-25(20-28)34-31(37)24-14-16-26(39-2)17-15-24/h4-21,30H,3H2,1-2H3,(H,34,37)(H,35,36,38). The Balaban J connectivity index is 1.30. The number of rotatable bonds is 11. The van der Waals surface area contributed by atoms with Gasteiger partial charge < -0.3 is 20.1 Å². The minimum Gasteiger partial charge on any atom is -0.497 e. The molecule has 1 unspecified atom stereocenters. The minimum absolute atomic E-state index is 0.188. The molecule has 1 atom stereocenters. The van der Waals surface area contributed by atoms with Gasteiger partial charge in [0.05, 0.1) is 19.4 Å². The first-order chi connectivity index (χ1) is 20.5. The van der Waals surface area contributed by atoms with Gasteiger partial charge in [0.2, 0.25) is 5.91 Å². The van der Waals surface area contributed by atoms with Crippen molar-refractivity contribution in [3.63, 3.8) is 0 Å². The summed E-state index contributed by atoms with van der Waals surface area (Å²) in [6, 6.07) is 31.7. The summed E-state index contributed by atoms with van der Waals surface area (Å²) in [5.74, 6) is 1.06. The first-order valence-electron chi connectivity index (χ1n) is 13.3. The molecule has 5 aromatic rings. The van der Waals surface area contributed by atoms with Crippen LogP contribution in [0.2, 0.25) is 0 Å². The molecule has 1 heterocycles. The van der Waals surface area contributed by atoms with Gasteiger partial charge >= 0.3 is 0 Å². The van der Waals surface area contributed by atoms with E-state index in [9.17, 15) is 9.59 Å². The van der Waals surface area contributed by atoms with Gasteiger partial charge in [-0.2, -0.15) is 0 Å². The van der Waals surface area contributed by atoms with E-state index in [1.165, 1.54) is 23.1 Å². The smallest absolute Gasteiger partial charge is 0.255 e. The number of ether oxygens (including phenoxy) is 2. The Hall–Kier alpha value is -4.60. The number of carbonyl (C=O) groups excluding carboxylic acids is 2. The number of hydrogen-bond donors (Lipinski definition) is 2. The largest absolute Gasteiger partial charge is 0.497 e. The lowest BCUT2D eigenvalue weighted by atomic mass is 10.1. The van der Waals surface area contributed by atoms with E-state index in [2.05, 4.69) is 15.6 Å². The number of thiazole rings is 1. The first-order valence-corrected chi connectivity index (χ1v) is 15.0. The van der Waals surface area contributed by atoms with Crippen LogP contribution in [0.15, 0.2) is 113 Å². The summed E-state index contributed by atoms with van der Waals surface area (Å²) in [7, 11) is 1.58. The van der Waals surface area contributed by atoms with E-state index in [1.807, 2.05) is 91.2 Å². The minimum atomic E-state index is -0.545. The molecule has 0 bridgehead atoms. The fraction of sp³-hybridized carbons (Fsp3) is 0.121. The number of hydrogen-bond acceptors (Lipinski definition) is 7. The summed E-state index contributed by atoms with van der Waals surface area (Å²) in [5.41, 5.74) is 3.73. The Bertz CT molecular complexity index is 1640. The van der Waals surface area contributed by atoms with Gasteiger partial charge in [-0.05, 0) is 79.2 Å². The second-order valence-electron chi connectivity index (χ2n) is 9.10. The van der Waals surface area contributed by atoms with Crippen LogP contribution < -0.4 is 20.1 Å². The number of nitrogens with zero attached hydrogens (tertiary/aromatic N) is 1. The summed E-state index contributed by atoms with van der Waals surface area (Å²) in [4.78, 5) is 31.9. The molecule has 0 radical (unpaired) electrons. The maximum absolute atomic E-state index is 13.6. The van der Waals surface area contributed by atoms with E-state index in [0.29, 0.717) is 28.7 Å². The Labute approximate surface area is 252 Å². The van der Waals surface area contributed by atoms with Crippen molar-refractivity contribution in [1.29, 1.82) is 0 Å². The molecular weight excluding hydrogens is 567 g/mol. The lowest BCUT2D eigenvalue weighted by Gasteiger charge is -2.17. The van der Waals surface area contributed by atoms with Crippen LogP contribution in [0, 0.1) is 0 Å². The molecule has 5 rings (SSSR count). The quantitative estimate of drug-likeness (QED) is 0.151. The lowest BCUT2D eigenvalue weighted by molar-refractivity contribution is -0.115. The van der Waals surface area contributed by atoms with Crippen LogP contribution in [0.4, 0.5) is 10.8 Å². The third-order valence-corrected chi connectivity index (χ3v) is 8.24. The van der Waals surface area contributed by atoms with E-state index in [4.69, 9.17) is 9.47 Å². The van der Waals surface area contributed by atoms with Crippen molar-refractivity contribution in [3.8, 4) is 22.8 Å². The summed E-state index contributed by atoms with van der Waals surface area (Å²) >= 11 is 2.78. The van der Waals surface area contributed by atoms with Crippen LogP contribution >= 0.6 is 23.1 Å². The molecule has 0 aliphatic rings. The molecular formula is C33H29N3O4S2. The van der Waals surface area contributed by atoms with Crippen molar-refractivity contribution in [1.82, 2.24) is 4.98 Å². The third-order valence-electron chi connectivity index (χ3n) is 6.23. The fourth-order valence-electron chi connectivity index (χ4n) is 4.15. The Morgan fingerprint density at radius 2 is 1.62 bits per heavy atom. The highest BCUT2D eigenvalue weighted by molar-refractivity contribution is 8.00. The molecule has 4 aromatic carbocycles. The molecule has 9 heteroatoms. The second-order valence-corrected chi connectivity index (χ2v) is 11.1. The molecule has 2 N–H and O–H groups in total. The number of benzene rings is 4. The molecule has 7 nitrogen and oxygen atoms in total. The van der Waals surface area contributed by atoms with Crippen molar-refractivity contribution in [3.05, 3.63) is 120 Å². The normalized spacial score (nSPS) is 11.4. The van der Waals surface area contributed by atoms with Crippen molar-refractivity contribution < 1.29 is 19.1 Å². The third kappa shape index (κ3) is 7.37. The summed E-state index contributed by atoms with van der Waals surface area (Å²) in [6.07, 6.45) is 0. The van der Waals surface area contributed by atoms with Gasteiger partial charge in [-0.25, -0.2) is 4.98 Å². The van der Waals surface area contributed by atoms with Gasteiger partial charge in [-0.15, -0.1) is 23.1 Å². The molecule has 0 saturated heterocycles. The van der Waals surface area contributed by atoms with Crippen LogP contribution in [0.5, 0.6) is 11.5 Å². The molecule has 0 aliphatic carbocycles. The zero-order chi connectivity index (χ0) is 29.3. The van der Waals surface area contributed by atoms with Gasteiger partial charge in [0.25, 0.3) is 5.91 Å². The SMILES string of the molecule is CCOc1ccc(-c2csc(NC(=O)C(Sc3cccc(NC(=O)c4ccc(OC)cc4)c3)c3ccccc3)n2)cc1. The average molecular weight is 596 g/mol. The van der Waals surface area contributed by atoms with Gasteiger partial charge in [0.15, 0.2) is 5.13 Å². The number of methoxy groups -OCH3 is 1. The Morgan fingerprint density at radius 1 is 0.881 bits per heavy atom. The monoisotopic (exact) mass is 595 g/mol. The highest BCUT2D eigenvalue weighted by Gasteiger charge is 2.23. The van der Waals surface area contributed by atoms with E-state index < -0.39 is 5.25 Å². The maximum atomic E-state index is 13.6. The summed E-state index contributed by atoms with van der Waals surface area (Å²) < 4.78 is 10.7. The summed E-state index contributed by atoms with van der Waals surface area (Å²) in [5, 5.41) is 7.84. The van der Waals surface area contributed by atoms with Gasteiger partial charge in [0.1, 0.15) is 16.7 Å². The van der Waals surface area contributed by atoms with Gasteiger partial charge in [0, 0.05) is 27.1 Å². The van der Waals surface area contributed by atoms with E-state index in [1.54, 1.807) is 31.4 Å². The van der Waals surface area contributed by atoms with E-state index in [-0.39, 0.29) is 11.8 Å². The van der Waals surface area contributed by atoms with E-state index in [0.717, 1.165) is 27.5 Å². The predicted molar refractivity (Wildman–Crippen MR) is 170 cm³/mol. The van der Waals surface area contributed by atoms with Crippen molar-refractivity contribution in [2.24, 2.45) is 0 Å². The lowest BCUT2D eigenvalue weighted by Crippen LogP contribution is -2.19. The number of anilines is 2. The highest BCUT2D eigenvalue weighted by atomic mass is 32.2. The number of thioether (sulfide) groups is 1. The molecule has 2 amide bonds. The average Bonchev–Trinajstić information content (AvgIpc) is 3.49. The van der Waals surface area contributed by atoms with Crippen LogP contribution in [0.25, 0.3) is 11.3 Å². The maximum Gasteiger partial charge on any atom is 0.255 e. The molecule has 0 aliphatic heterocycles. The number of aromatic nitrogens is 1. The van der Waals surface area contributed by atoms with Crippen molar-refractivity contribution in [2.45, 2.75) is 17.1 Å². The predicted octanol–water partition coefficient (Wildman–Crippen LogP) is 7.94. The van der Waals surface area contributed by atoms with Crippen LogP contribution in [0.1, 0.15) is 28.1 Å². The topological polar surface area (TPSA) is 89.6 Å². The molecule has 212 valence electrons. The number of nitrogens with one attached hydrogen (secondary N) is 2. The van der Waals surface area contributed by atoms with Gasteiger partial charge in [-0.1, -0.05) is 36.4 Å². The van der Waals surface area contributed by atoms with Crippen LogP contribution in [0.3, 0.4) is 0 Å². The van der Waals surface area contributed by atoms with Crippen LogP contribution in [-0.2, 0) is 4.79 Å². The Morgan fingerprint density at radius 3 is 2.33 bits per heavy atom. The molecule has 0 fully saturated rings. The van der Waals surface area contributed by atoms with Crippen LogP contribution in [-0.4, -0.2) is 30.5 Å². The van der Waals surface area contributed by atoms with Crippen molar-refractivity contribution in [2.75, 3.05) is 24.4 Å². The number of carbonyl (C=O) groups is 2. The van der Waals surface area contributed by atoms with Gasteiger partial charge in [-0.3, -0.25) is 9.59 Å². The second kappa shape index (κ2) is 13.8. The van der Waals surface area contributed by atoms with E-state index >= 15 is 0 Å². The first kappa shape index (κ1) is 28.9. The van der Waals surface area contributed by atoms with Crippen molar-refractivity contribution >= 4 is 45.7 Å². The number of amides is 2. The molecule has 0 saturated carbocycles. The Kier molecular flexibility index (Phi) is 9.53. The zero-order valence-corrected chi connectivity index (χ0v) is 24.7. The molecule has 42 heavy (non-hydrogen) atoms. The highest BCUT2D eigenvalue weighted by Crippen LogP contribution is 2.38.